The van der Waals surface area contributed by atoms with Crippen LogP contribution >= 0.6 is 0 Å². The number of carbonyl (C=O) groups is 2. The van der Waals surface area contributed by atoms with Crippen LogP contribution in [0, 0.1) is 13.8 Å². The van der Waals surface area contributed by atoms with Crippen molar-refractivity contribution >= 4 is 50.6 Å². The average Bonchev–Trinajstić information content (AvgIpc) is 3.02. The van der Waals surface area contributed by atoms with Gasteiger partial charge in [-0.1, -0.05) is 42.5 Å². The summed E-state index contributed by atoms with van der Waals surface area (Å²) in [6, 6.07) is 24.3. The van der Waals surface area contributed by atoms with E-state index in [4.69, 9.17) is 8.83 Å². The number of amides is 2. The lowest BCUT2D eigenvalue weighted by atomic mass is 10.1. The summed E-state index contributed by atoms with van der Waals surface area (Å²) >= 11 is 0. The molecule has 0 bridgehead atoms. The minimum atomic E-state index is -0.373. The summed E-state index contributed by atoms with van der Waals surface area (Å²) < 4.78 is 12.4. The predicted molar refractivity (Wildman–Crippen MR) is 128 cm³/mol. The number of imide groups is 1. The third-order valence-corrected chi connectivity index (χ3v) is 5.92. The Labute approximate surface area is 189 Å². The molecule has 0 aliphatic carbocycles. The quantitative estimate of drug-likeness (QED) is 0.271. The monoisotopic (exact) mass is 433 g/mol. The van der Waals surface area contributed by atoms with Gasteiger partial charge >= 0.3 is 0 Å². The van der Waals surface area contributed by atoms with E-state index in [1.807, 2.05) is 80.6 Å². The van der Waals surface area contributed by atoms with Crippen LogP contribution in [0.25, 0.3) is 33.1 Å². The SMILES string of the molecule is Cc1cc(C)cc(N2C(=O)c3cc4oc5ccccc5c5ccccc5oc4cc3C2=O)c1. The fourth-order valence-electron chi connectivity index (χ4n) is 4.51. The fraction of sp³-hybridized carbons (Fsp3) is 0.0714. The van der Waals surface area contributed by atoms with Crippen LogP contribution in [0.15, 0.2) is 87.7 Å². The van der Waals surface area contributed by atoms with Crippen molar-refractivity contribution in [1.82, 2.24) is 0 Å². The molecule has 160 valence electrons. The van der Waals surface area contributed by atoms with E-state index in [1.165, 1.54) is 4.90 Å². The normalized spacial score (nSPS) is 13.2. The van der Waals surface area contributed by atoms with E-state index in [2.05, 4.69) is 0 Å². The smallest absolute Gasteiger partial charge is 0.266 e. The number of nitrogens with zero attached hydrogens (tertiary/aromatic N) is 1. The van der Waals surface area contributed by atoms with Gasteiger partial charge in [0.05, 0.1) is 16.8 Å². The largest absolute Gasteiger partial charge is 0.453 e. The summed E-state index contributed by atoms with van der Waals surface area (Å²) in [5.41, 5.74) is 5.19. The summed E-state index contributed by atoms with van der Waals surface area (Å²) in [7, 11) is 0. The number of carbonyl (C=O) groups excluding carboxylic acids is 2. The topological polar surface area (TPSA) is 63.7 Å². The number of fused-ring (bicyclic) bond motifs is 5. The van der Waals surface area contributed by atoms with Gasteiger partial charge in [-0.05, 0) is 61.4 Å². The number of aryl methyl sites for hydroxylation is 2. The Hall–Kier alpha value is -4.38. The molecule has 0 unspecified atom stereocenters. The highest BCUT2D eigenvalue weighted by Gasteiger charge is 2.37. The highest BCUT2D eigenvalue weighted by atomic mass is 16.4. The van der Waals surface area contributed by atoms with Gasteiger partial charge in [0.1, 0.15) is 11.2 Å². The number of benzene rings is 4. The van der Waals surface area contributed by atoms with Crippen LogP contribution in [-0.2, 0) is 0 Å². The van der Waals surface area contributed by atoms with Crippen LogP contribution in [0.3, 0.4) is 0 Å². The highest BCUT2D eigenvalue weighted by molar-refractivity contribution is 6.35. The van der Waals surface area contributed by atoms with Crippen molar-refractivity contribution in [2.24, 2.45) is 0 Å². The van der Waals surface area contributed by atoms with Crippen molar-refractivity contribution in [3.8, 4) is 0 Å². The van der Waals surface area contributed by atoms with Crippen LogP contribution in [0.4, 0.5) is 5.69 Å². The maximum Gasteiger partial charge on any atom is 0.266 e. The van der Waals surface area contributed by atoms with Crippen molar-refractivity contribution in [3.63, 3.8) is 0 Å². The minimum Gasteiger partial charge on any atom is -0.453 e. The molecule has 5 heteroatoms. The standard InChI is InChI=1S/C28H19NO4/c1-16-11-17(2)13-18(12-16)29-27(30)21-14-25-26(15-22(21)28(29)31)33-24-10-6-4-8-20(24)19-7-3-5-9-23(19)32-25/h3-15H,1-2H3. The summed E-state index contributed by atoms with van der Waals surface area (Å²) in [6.07, 6.45) is 0. The van der Waals surface area contributed by atoms with Crippen molar-refractivity contribution in [2.45, 2.75) is 13.8 Å². The predicted octanol–water partition coefficient (Wildman–Crippen LogP) is 6.87. The van der Waals surface area contributed by atoms with E-state index in [1.54, 1.807) is 12.1 Å². The average molecular weight is 433 g/mol. The minimum absolute atomic E-state index is 0.299. The second-order valence-electron chi connectivity index (χ2n) is 8.33. The summed E-state index contributed by atoms with van der Waals surface area (Å²) in [6.45, 7) is 3.88. The van der Waals surface area contributed by atoms with E-state index in [9.17, 15) is 9.59 Å². The first-order chi connectivity index (χ1) is 16.0. The molecule has 5 nitrogen and oxygen atoms in total. The van der Waals surface area contributed by atoms with Crippen LogP contribution in [0.1, 0.15) is 31.8 Å². The first-order valence-corrected chi connectivity index (χ1v) is 10.7. The molecule has 0 spiro atoms. The Morgan fingerprint density at radius 2 is 1.03 bits per heavy atom. The molecule has 0 N–H and O–H groups in total. The zero-order chi connectivity index (χ0) is 22.7. The van der Waals surface area contributed by atoms with E-state index in [0.717, 1.165) is 21.9 Å². The van der Waals surface area contributed by atoms with Gasteiger partial charge in [-0.2, -0.15) is 0 Å². The number of rotatable bonds is 1. The summed E-state index contributed by atoms with van der Waals surface area (Å²) in [5.74, 6) is -0.746. The Bertz CT molecular complexity index is 1570. The lowest BCUT2D eigenvalue weighted by molar-refractivity contribution is 0.0926. The highest BCUT2D eigenvalue weighted by Crippen LogP contribution is 2.34. The Balaban J connectivity index is 1.65. The zero-order valence-corrected chi connectivity index (χ0v) is 18.1. The summed E-state index contributed by atoms with van der Waals surface area (Å²) in [5, 5.41) is 1.78. The molecule has 0 fully saturated rings. The molecule has 1 aliphatic heterocycles. The molecule has 2 amide bonds. The van der Waals surface area contributed by atoms with Gasteiger partial charge in [-0.15, -0.1) is 0 Å². The maximum atomic E-state index is 13.3. The fourth-order valence-corrected chi connectivity index (χ4v) is 4.51. The second kappa shape index (κ2) is 7.07. The molecule has 0 saturated carbocycles. The molecular weight excluding hydrogens is 414 g/mol. The first-order valence-electron chi connectivity index (χ1n) is 10.7. The van der Waals surface area contributed by atoms with E-state index in [0.29, 0.717) is 39.1 Å². The molecule has 1 aromatic heterocycles. The molecular formula is C28H19NO4. The maximum absolute atomic E-state index is 13.3. The Morgan fingerprint density at radius 3 is 1.52 bits per heavy atom. The van der Waals surface area contributed by atoms with Crippen LogP contribution in [-0.4, -0.2) is 11.8 Å². The van der Waals surface area contributed by atoms with E-state index < -0.39 is 0 Å². The van der Waals surface area contributed by atoms with Gasteiger partial charge in [-0.25, -0.2) is 4.90 Å². The van der Waals surface area contributed by atoms with Gasteiger partial charge in [0.25, 0.3) is 11.8 Å². The molecule has 4 aromatic carbocycles. The van der Waals surface area contributed by atoms with Crippen molar-refractivity contribution in [3.05, 3.63) is 101 Å². The number of para-hydroxylation sites is 2. The molecule has 6 rings (SSSR count). The van der Waals surface area contributed by atoms with Gasteiger partial charge in [0, 0.05) is 10.8 Å². The third kappa shape index (κ3) is 3.01. The number of hydrogen-bond donors (Lipinski definition) is 0. The van der Waals surface area contributed by atoms with Gasteiger partial charge in [0.2, 0.25) is 0 Å². The molecule has 5 aromatic rings. The van der Waals surface area contributed by atoms with Crippen molar-refractivity contribution in [2.75, 3.05) is 4.90 Å². The van der Waals surface area contributed by atoms with Crippen molar-refractivity contribution in [1.29, 1.82) is 0 Å². The Kier molecular flexibility index (Phi) is 4.14. The van der Waals surface area contributed by atoms with Crippen LogP contribution in [0.2, 0.25) is 0 Å². The number of hydrogen-bond acceptors (Lipinski definition) is 4. The molecule has 2 heterocycles. The molecule has 33 heavy (non-hydrogen) atoms. The third-order valence-electron chi connectivity index (χ3n) is 5.92. The van der Waals surface area contributed by atoms with E-state index >= 15 is 0 Å². The first kappa shape index (κ1) is 19.3. The van der Waals surface area contributed by atoms with Crippen LogP contribution in [0.5, 0.6) is 0 Å². The molecule has 0 atom stereocenters. The summed E-state index contributed by atoms with van der Waals surface area (Å²) in [4.78, 5) is 27.9. The van der Waals surface area contributed by atoms with Gasteiger partial charge in [-0.3, -0.25) is 9.59 Å². The molecule has 1 aliphatic rings. The van der Waals surface area contributed by atoms with E-state index in [-0.39, 0.29) is 11.8 Å². The number of anilines is 1. The lowest BCUT2D eigenvalue weighted by Crippen LogP contribution is -2.29. The van der Waals surface area contributed by atoms with Crippen molar-refractivity contribution < 1.29 is 18.4 Å². The lowest BCUT2D eigenvalue weighted by Gasteiger charge is -2.15. The Morgan fingerprint density at radius 1 is 0.576 bits per heavy atom. The van der Waals surface area contributed by atoms with Crippen LogP contribution < -0.4 is 4.90 Å². The molecule has 0 saturated heterocycles. The zero-order valence-electron chi connectivity index (χ0n) is 18.1. The van der Waals surface area contributed by atoms with Gasteiger partial charge in [0.15, 0.2) is 11.2 Å². The van der Waals surface area contributed by atoms with Gasteiger partial charge < -0.3 is 8.83 Å². The second-order valence-corrected chi connectivity index (χ2v) is 8.33. The molecule has 0 radical (unpaired) electrons.